The largest absolute Gasteiger partial charge is 0.490 e. The molecule has 212 valence electrons. The Balaban J connectivity index is 0.000000532. The number of thiazole rings is 1. The SMILES string of the molecule is CCN(c1cc(F)c(S(=O)(=O)Nc2cscn2)cc1C)C1CCN(Cc2ccccc2)C1.O=C(O)C(F)(F)F. The zero-order chi connectivity index (χ0) is 28.8. The Morgan fingerprint density at radius 1 is 1.26 bits per heavy atom. The smallest absolute Gasteiger partial charge is 0.475 e. The van der Waals surface area contributed by atoms with E-state index >= 15 is 4.39 Å². The Hall–Kier alpha value is -3.23. The quantitative estimate of drug-likeness (QED) is 0.352. The van der Waals surface area contributed by atoms with Crippen molar-refractivity contribution in [2.75, 3.05) is 29.3 Å². The summed E-state index contributed by atoms with van der Waals surface area (Å²) < 4.78 is 74.5. The number of benzene rings is 2. The van der Waals surface area contributed by atoms with Gasteiger partial charge >= 0.3 is 12.1 Å². The molecule has 1 aliphatic heterocycles. The molecule has 1 unspecified atom stereocenters. The first-order chi connectivity index (χ1) is 18.3. The second-order valence-electron chi connectivity index (χ2n) is 8.80. The number of likely N-dealkylation sites (N-methyl/N-ethyl adjacent to an activating group) is 1. The number of hydrogen-bond donors (Lipinski definition) is 2. The molecule has 0 aliphatic carbocycles. The second kappa shape index (κ2) is 12.7. The number of anilines is 2. The zero-order valence-electron chi connectivity index (χ0n) is 21.2. The molecule has 0 saturated carbocycles. The number of sulfonamides is 1. The number of likely N-dealkylation sites (tertiary alicyclic amines) is 1. The predicted octanol–water partition coefficient (Wildman–Crippen LogP) is 5.13. The van der Waals surface area contributed by atoms with Gasteiger partial charge in [0.25, 0.3) is 10.0 Å². The summed E-state index contributed by atoms with van der Waals surface area (Å²) in [6, 6.07) is 13.4. The predicted molar refractivity (Wildman–Crippen MR) is 141 cm³/mol. The number of carboxylic acids is 1. The van der Waals surface area contributed by atoms with Crippen LogP contribution in [0.1, 0.15) is 24.5 Å². The standard InChI is InChI=1S/C23H27FN4O2S2.C2HF3O2/c1-3-28(19-9-10-27(14-19)13-18-7-5-4-6-8-18)21-12-20(24)22(11-17(21)2)32(29,30)26-23-15-31-16-25-23;3-2(4,5)1(6)7/h4-8,11-12,15-16,19,26H,3,9-10,13-14H2,1-2H3;(H,6,7). The van der Waals surface area contributed by atoms with Crippen molar-refractivity contribution in [3.8, 4) is 0 Å². The minimum atomic E-state index is -5.08. The third-order valence-corrected chi connectivity index (χ3v) is 8.00. The Morgan fingerprint density at radius 2 is 1.92 bits per heavy atom. The van der Waals surface area contributed by atoms with Gasteiger partial charge < -0.3 is 10.0 Å². The molecule has 1 fully saturated rings. The average Bonchev–Trinajstić information content (AvgIpc) is 3.54. The van der Waals surface area contributed by atoms with Gasteiger partial charge in [-0.15, -0.1) is 11.3 Å². The van der Waals surface area contributed by atoms with Crippen molar-refractivity contribution < 1.29 is 35.9 Å². The highest BCUT2D eigenvalue weighted by atomic mass is 32.2. The first-order valence-electron chi connectivity index (χ1n) is 11.9. The lowest BCUT2D eigenvalue weighted by Gasteiger charge is -2.32. The van der Waals surface area contributed by atoms with Crippen LogP contribution in [0.3, 0.4) is 0 Å². The number of aryl methyl sites for hydroxylation is 1. The van der Waals surface area contributed by atoms with Crippen molar-refractivity contribution in [3.05, 3.63) is 70.3 Å². The van der Waals surface area contributed by atoms with Crippen molar-refractivity contribution in [2.45, 2.75) is 43.9 Å². The topological polar surface area (TPSA) is 103 Å². The summed E-state index contributed by atoms with van der Waals surface area (Å²) >= 11 is 1.26. The molecule has 0 radical (unpaired) electrons. The van der Waals surface area contributed by atoms with E-state index in [2.05, 4.69) is 31.6 Å². The molecule has 1 atom stereocenters. The normalized spacial score (nSPS) is 15.9. The minimum absolute atomic E-state index is 0.191. The fourth-order valence-electron chi connectivity index (χ4n) is 4.29. The van der Waals surface area contributed by atoms with E-state index in [0.717, 1.165) is 37.3 Å². The van der Waals surface area contributed by atoms with Crippen molar-refractivity contribution in [1.29, 1.82) is 0 Å². The molecular formula is C25H28F4N4O4S2. The summed E-state index contributed by atoms with van der Waals surface area (Å²) in [4.78, 5) is 17.1. The Bertz CT molecular complexity index is 1350. The number of nitrogens with one attached hydrogen (secondary N) is 1. The second-order valence-corrected chi connectivity index (χ2v) is 11.2. The van der Waals surface area contributed by atoms with Crippen LogP contribution in [0.25, 0.3) is 0 Å². The maximum Gasteiger partial charge on any atom is 0.490 e. The molecule has 1 aromatic heterocycles. The summed E-state index contributed by atoms with van der Waals surface area (Å²) in [7, 11) is -4.06. The van der Waals surface area contributed by atoms with Crippen LogP contribution in [0.4, 0.5) is 29.1 Å². The third kappa shape index (κ3) is 8.13. The molecule has 2 heterocycles. The maximum absolute atomic E-state index is 15.0. The number of rotatable bonds is 8. The van der Waals surface area contributed by atoms with Crippen molar-refractivity contribution in [2.24, 2.45) is 0 Å². The Morgan fingerprint density at radius 3 is 2.49 bits per heavy atom. The number of aliphatic carboxylic acids is 1. The number of carboxylic acid groups (broad SMARTS) is 1. The van der Waals surface area contributed by atoms with Crippen LogP contribution in [0.15, 0.2) is 58.3 Å². The number of aromatic nitrogens is 1. The van der Waals surface area contributed by atoms with Crippen molar-refractivity contribution in [3.63, 3.8) is 0 Å². The van der Waals surface area contributed by atoms with E-state index in [-0.39, 0.29) is 16.8 Å². The van der Waals surface area contributed by atoms with Gasteiger partial charge in [-0.3, -0.25) is 9.62 Å². The van der Waals surface area contributed by atoms with Crippen molar-refractivity contribution >= 4 is 38.8 Å². The van der Waals surface area contributed by atoms with Gasteiger partial charge in [0, 0.05) is 43.3 Å². The summed E-state index contributed by atoms with van der Waals surface area (Å²) in [6.07, 6.45) is -4.10. The van der Waals surface area contributed by atoms with Gasteiger partial charge in [0.05, 0.1) is 5.51 Å². The first kappa shape index (κ1) is 30.3. The third-order valence-electron chi connectivity index (χ3n) is 6.04. The number of nitrogens with zero attached hydrogens (tertiary/aromatic N) is 3. The van der Waals surface area contributed by atoms with Crippen LogP contribution in [0.2, 0.25) is 0 Å². The molecule has 1 aliphatic rings. The summed E-state index contributed by atoms with van der Waals surface area (Å²) in [6.45, 7) is 7.34. The van der Waals surface area contributed by atoms with Crippen LogP contribution >= 0.6 is 11.3 Å². The van der Waals surface area contributed by atoms with E-state index in [0.29, 0.717) is 6.54 Å². The van der Waals surface area contributed by atoms with Crippen LogP contribution in [0.5, 0.6) is 0 Å². The Kier molecular flexibility index (Phi) is 9.91. The highest BCUT2D eigenvalue weighted by Crippen LogP contribution is 2.31. The average molecular weight is 589 g/mol. The molecule has 0 spiro atoms. The molecule has 1 saturated heterocycles. The van der Waals surface area contributed by atoms with Gasteiger partial charge in [-0.05, 0) is 43.5 Å². The van der Waals surface area contributed by atoms with Gasteiger partial charge in [0.1, 0.15) is 10.7 Å². The fraction of sp³-hybridized carbons (Fsp3) is 0.360. The molecule has 2 aromatic carbocycles. The lowest BCUT2D eigenvalue weighted by molar-refractivity contribution is -0.192. The fourth-order valence-corrected chi connectivity index (χ4v) is 6.00. The lowest BCUT2D eigenvalue weighted by Crippen LogP contribution is -2.38. The molecule has 14 heteroatoms. The number of halogens is 4. The summed E-state index contributed by atoms with van der Waals surface area (Å²) in [5.74, 6) is -3.32. The van der Waals surface area contributed by atoms with Gasteiger partial charge in [0.15, 0.2) is 5.82 Å². The highest BCUT2D eigenvalue weighted by molar-refractivity contribution is 7.92. The lowest BCUT2D eigenvalue weighted by atomic mass is 10.1. The van der Waals surface area contributed by atoms with Crippen LogP contribution < -0.4 is 9.62 Å². The van der Waals surface area contributed by atoms with E-state index in [9.17, 15) is 21.6 Å². The van der Waals surface area contributed by atoms with E-state index < -0.39 is 28.0 Å². The van der Waals surface area contributed by atoms with E-state index in [1.165, 1.54) is 34.5 Å². The molecule has 39 heavy (non-hydrogen) atoms. The van der Waals surface area contributed by atoms with Gasteiger partial charge in [-0.2, -0.15) is 13.2 Å². The molecule has 8 nitrogen and oxygen atoms in total. The number of hydrogen-bond acceptors (Lipinski definition) is 7. The first-order valence-corrected chi connectivity index (χ1v) is 14.3. The highest BCUT2D eigenvalue weighted by Gasteiger charge is 2.38. The molecule has 0 amide bonds. The molecule has 0 bridgehead atoms. The Labute approximate surface area is 228 Å². The van der Waals surface area contributed by atoms with Crippen molar-refractivity contribution in [1.82, 2.24) is 9.88 Å². The van der Waals surface area contributed by atoms with Gasteiger partial charge in [0.2, 0.25) is 0 Å². The minimum Gasteiger partial charge on any atom is -0.475 e. The summed E-state index contributed by atoms with van der Waals surface area (Å²) in [5, 5.41) is 8.69. The molecule has 2 N–H and O–H groups in total. The number of carbonyl (C=O) groups is 1. The van der Waals surface area contributed by atoms with E-state index in [4.69, 9.17) is 9.90 Å². The summed E-state index contributed by atoms with van der Waals surface area (Å²) in [5.41, 5.74) is 4.27. The van der Waals surface area contributed by atoms with Crippen LogP contribution in [-0.2, 0) is 21.4 Å². The van der Waals surface area contributed by atoms with Gasteiger partial charge in [-0.1, -0.05) is 30.3 Å². The van der Waals surface area contributed by atoms with Crippen LogP contribution in [-0.4, -0.2) is 61.2 Å². The molecule has 4 rings (SSSR count). The number of alkyl halides is 3. The van der Waals surface area contributed by atoms with E-state index in [1.54, 1.807) is 5.38 Å². The maximum atomic E-state index is 15.0. The van der Waals surface area contributed by atoms with E-state index in [1.807, 2.05) is 32.0 Å². The van der Waals surface area contributed by atoms with Gasteiger partial charge in [-0.25, -0.2) is 22.6 Å². The van der Waals surface area contributed by atoms with Crippen LogP contribution in [0, 0.1) is 12.7 Å². The molecule has 3 aromatic rings. The molecular weight excluding hydrogens is 560 g/mol. The zero-order valence-corrected chi connectivity index (χ0v) is 22.8. The monoisotopic (exact) mass is 588 g/mol.